The average molecular weight is 348 g/mol. The second-order valence-corrected chi connectivity index (χ2v) is 8.09. The molecular weight excluding hydrogens is 326 g/mol. The molecule has 0 N–H and O–H groups in total. The molecule has 0 aliphatic heterocycles. The summed E-state index contributed by atoms with van der Waals surface area (Å²) < 4.78 is 0.792. The minimum absolute atomic E-state index is 0.248. The van der Waals surface area contributed by atoms with Gasteiger partial charge in [-0.3, -0.25) is 4.79 Å². The summed E-state index contributed by atoms with van der Waals surface area (Å²) in [4.78, 5) is 16.1. The summed E-state index contributed by atoms with van der Waals surface area (Å²) in [6.07, 6.45) is 3.83. The van der Waals surface area contributed by atoms with Gasteiger partial charge < -0.3 is 4.90 Å². The van der Waals surface area contributed by atoms with E-state index in [0.29, 0.717) is 24.9 Å². The first-order chi connectivity index (χ1) is 11.1. The number of benzene rings is 1. The molecule has 1 saturated carbocycles. The molecule has 4 heteroatoms. The van der Waals surface area contributed by atoms with E-state index in [4.69, 9.17) is 11.6 Å². The Labute approximate surface area is 147 Å². The highest BCUT2D eigenvalue weighted by atomic mass is 35.5. The van der Waals surface area contributed by atoms with Gasteiger partial charge >= 0.3 is 0 Å². The third-order valence-electron chi connectivity index (χ3n) is 4.53. The molecule has 1 aromatic carbocycles. The molecule has 1 aliphatic rings. The second kappa shape index (κ2) is 7.50. The van der Waals surface area contributed by atoms with Crippen LogP contribution >= 0.6 is 22.9 Å². The fraction of sp³-hybridized carbons (Fsp3) is 0.421. The number of carbonyl (C=O) groups excluding carboxylic acids is 1. The van der Waals surface area contributed by atoms with Crippen LogP contribution in [0.2, 0.25) is 4.34 Å². The molecule has 1 atom stereocenters. The van der Waals surface area contributed by atoms with Crippen LogP contribution in [0, 0.1) is 5.92 Å². The third-order valence-corrected chi connectivity index (χ3v) is 5.82. The van der Waals surface area contributed by atoms with E-state index >= 15 is 0 Å². The summed E-state index contributed by atoms with van der Waals surface area (Å²) >= 11 is 7.54. The predicted octanol–water partition coefficient (Wildman–Crippen LogP) is 5.16. The van der Waals surface area contributed by atoms with Crippen LogP contribution in [0.15, 0.2) is 42.5 Å². The van der Waals surface area contributed by atoms with Crippen LogP contribution in [0.1, 0.15) is 36.6 Å². The Morgan fingerprint density at radius 1 is 1.26 bits per heavy atom. The van der Waals surface area contributed by atoms with E-state index in [0.717, 1.165) is 10.8 Å². The number of hydrogen-bond acceptors (Lipinski definition) is 2. The molecule has 0 bridgehead atoms. The van der Waals surface area contributed by atoms with Crippen LogP contribution in [-0.4, -0.2) is 16.8 Å². The number of aryl methyl sites for hydroxylation is 1. The van der Waals surface area contributed by atoms with Crippen molar-refractivity contribution in [1.29, 1.82) is 0 Å². The van der Waals surface area contributed by atoms with Gasteiger partial charge in [-0.25, -0.2) is 0 Å². The van der Waals surface area contributed by atoms with Gasteiger partial charge in [0.2, 0.25) is 5.91 Å². The van der Waals surface area contributed by atoms with E-state index in [2.05, 4.69) is 24.0 Å². The molecule has 1 heterocycles. The first-order valence-corrected chi connectivity index (χ1v) is 9.40. The lowest BCUT2D eigenvalue weighted by molar-refractivity contribution is -0.134. The van der Waals surface area contributed by atoms with Gasteiger partial charge in [0.1, 0.15) is 0 Å². The zero-order valence-electron chi connectivity index (χ0n) is 13.4. The molecule has 2 nitrogen and oxygen atoms in total. The van der Waals surface area contributed by atoms with Crippen molar-refractivity contribution in [2.24, 2.45) is 5.92 Å². The maximum atomic E-state index is 12.8. The summed E-state index contributed by atoms with van der Waals surface area (Å²) in [5, 5.41) is 0. The quantitative estimate of drug-likeness (QED) is 0.677. The van der Waals surface area contributed by atoms with Crippen LogP contribution in [-0.2, 0) is 17.8 Å². The van der Waals surface area contributed by atoms with Gasteiger partial charge in [0.05, 0.1) is 4.34 Å². The third kappa shape index (κ3) is 4.58. The Kier molecular flexibility index (Phi) is 5.39. The van der Waals surface area contributed by atoms with Crippen molar-refractivity contribution < 1.29 is 4.79 Å². The standard InChI is InChI=1S/C19H22ClNOS/c1-14(16-7-8-16)21(13-15-5-3-2-4-6-15)19(22)12-10-17-9-11-18(20)23-17/h2-6,9,11,14,16H,7-8,10,12-13H2,1H3. The van der Waals surface area contributed by atoms with Crippen LogP contribution < -0.4 is 0 Å². The van der Waals surface area contributed by atoms with Crippen molar-refractivity contribution in [3.63, 3.8) is 0 Å². The second-order valence-electron chi connectivity index (χ2n) is 6.29. The smallest absolute Gasteiger partial charge is 0.223 e. The molecule has 0 radical (unpaired) electrons. The van der Waals surface area contributed by atoms with E-state index in [1.807, 2.05) is 30.3 Å². The van der Waals surface area contributed by atoms with Gasteiger partial charge in [-0.2, -0.15) is 0 Å². The fourth-order valence-corrected chi connectivity index (χ4v) is 4.02. The lowest BCUT2D eigenvalue weighted by atomic mass is 10.1. The molecule has 2 aromatic rings. The van der Waals surface area contributed by atoms with Gasteiger partial charge in [-0.1, -0.05) is 41.9 Å². The summed E-state index contributed by atoms with van der Waals surface area (Å²) in [6, 6.07) is 14.5. The summed E-state index contributed by atoms with van der Waals surface area (Å²) in [7, 11) is 0. The summed E-state index contributed by atoms with van der Waals surface area (Å²) in [6.45, 7) is 2.91. The zero-order chi connectivity index (χ0) is 16.2. The lowest BCUT2D eigenvalue weighted by Gasteiger charge is -2.30. The van der Waals surface area contributed by atoms with Crippen molar-refractivity contribution in [1.82, 2.24) is 4.90 Å². The van der Waals surface area contributed by atoms with Crippen LogP contribution in [0.4, 0.5) is 0 Å². The fourth-order valence-electron chi connectivity index (χ4n) is 2.93. The van der Waals surface area contributed by atoms with Crippen LogP contribution in [0.25, 0.3) is 0 Å². The molecule has 1 amide bonds. The minimum atomic E-state index is 0.248. The van der Waals surface area contributed by atoms with Crippen molar-refractivity contribution in [2.75, 3.05) is 0 Å². The highest BCUT2D eigenvalue weighted by molar-refractivity contribution is 7.16. The molecule has 1 aliphatic carbocycles. The first kappa shape index (κ1) is 16.5. The number of hydrogen-bond donors (Lipinski definition) is 0. The predicted molar refractivity (Wildman–Crippen MR) is 96.8 cm³/mol. The Hall–Kier alpha value is -1.32. The zero-order valence-corrected chi connectivity index (χ0v) is 14.9. The Morgan fingerprint density at radius 3 is 2.61 bits per heavy atom. The summed E-state index contributed by atoms with van der Waals surface area (Å²) in [5.41, 5.74) is 1.20. The van der Waals surface area contributed by atoms with Gasteiger partial charge in [-0.15, -0.1) is 11.3 Å². The molecular formula is C19H22ClNOS. The Balaban J connectivity index is 1.65. The van der Waals surface area contributed by atoms with Crippen molar-refractivity contribution in [3.05, 3.63) is 57.2 Å². The normalized spacial score (nSPS) is 15.4. The van der Waals surface area contributed by atoms with Gasteiger partial charge in [-0.05, 0) is 49.8 Å². The molecule has 23 heavy (non-hydrogen) atoms. The molecule has 1 fully saturated rings. The first-order valence-electron chi connectivity index (χ1n) is 8.21. The van der Waals surface area contributed by atoms with Gasteiger partial charge in [0.15, 0.2) is 0 Å². The van der Waals surface area contributed by atoms with Crippen molar-refractivity contribution in [2.45, 2.75) is 45.2 Å². The number of amides is 1. The van der Waals surface area contributed by atoms with Crippen LogP contribution in [0.5, 0.6) is 0 Å². The molecule has 1 unspecified atom stereocenters. The highest BCUT2D eigenvalue weighted by Gasteiger charge is 2.34. The monoisotopic (exact) mass is 347 g/mol. The number of nitrogens with zero attached hydrogens (tertiary/aromatic N) is 1. The minimum Gasteiger partial charge on any atom is -0.335 e. The number of carbonyl (C=O) groups is 1. The van der Waals surface area contributed by atoms with Crippen molar-refractivity contribution >= 4 is 28.8 Å². The molecule has 1 aromatic heterocycles. The van der Waals surface area contributed by atoms with Gasteiger partial charge in [0, 0.05) is 23.9 Å². The van der Waals surface area contributed by atoms with Crippen molar-refractivity contribution in [3.8, 4) is 0 Å². The highest BCUT2D eigenvalue weighted by Crippen LogP contribution is 2.36. The van der Waals surface area contributed by atoms with E-state index in [1.54, 1.807) is 11.3 Å². The number of rotatable bonds is 7. The maximum Gasteiger partial charge on any atom is 0.223 e. The average Bonchev–Trinajstić information content (AvgIpc) is 3.33. The molecule has 0 spiro atoms. The van der Waals surface area contributed by atoms with Gasteiger partial charge in [0.25, 0.3) is 0 Å². The van der Waals surface area contributed by atoms with E-state index in [9.17, 15) is 4.79 Å². The SMILES string of the molecule is CC(C1CC1)N(Cc1ccccc1)C(=O)CCc1ccc(Cl)s1. The van der Waals surface area contributed by atoms with Crippen LogP contribution in [0.3, 0.4) is 0 Å². The Bertz CT molecular complexity index is 650. The maximum absolute atomic E-state index is 12.8. The summed E-state index contributed by atoms with van der Waals surface area (Å²) in [5.74, 6) is 0.927. The van der Waals surface area contributed by atoms with E-state index < -0.39 is 0 Å². The topological polar surface area (TPSA) is 20.3 Å². The molecule has 0 saturated heterocycles. The molecule has 122 valence electrons. The van der Waals surface area contributed by atoms with E-state index in [-0.39, 0.29) is 5.91 Å². The van der Waals surface area contributed by atoms with E-state index in [1.165, 1.54) is 23.3 Å². The lowest BCUT2D eigenvalue weighted by Crippen LogP contribution is -2.39. The Morgan fingerprint density at radius 2 is 2.00 bits per heavy atom. The molecule has 3 rings (SSSR count). The largest absolute Gasteiger partial charge is 0.335 e. The number of halogens is 1. The number of thiophene rings is 1.